The van der Waals surface area contributed by atoms with Crippen LogP contribution >= 0.6 is 0 Å². The van der Waals surface area contributed by atoms with E-state index in [1.807, 2.05) is 0 Å². The number of carbonyl (C=O) groups excluding carboxylic acids is 1. The van der Waals surface area contributed by atoms with Gasteiger partial charge in [0.1, 0.15) is 0 Å². The van der Waals surface area contributed by atoms with Gasteiger partial charge in [0, 0.05) is 28.0 Å². The Bertz CT molecular complexity index is 209. The number of methoxy groups -OCH3 is 1. The summed E-state index contributed by atoms with van der Waals surface area (Å²) in [6, 6.07) is 0. The molecule has 4 heteroatoms. The van der Waals surface area contributed by atoms with E-state index in [2.05, 4.69) is 18.6 Å². The molecule has 0 saturated heterocycles. The number of esters is 1. The van der Waals surface area contributed by atoms with Crippen LogP contribution in [0.25, 0.3) is 0 Å². The lowest BCUT2D eigenvalue weighted by Gasteiger charge is -2.00. The zero-order chi connectivity index (χ0) is 10.3. The van der Waals surface area contributed by atoms with Crippen LogP contribution in [0.5, 0.6) is 0 Å². The third-order valence-electron chi connectivity index (χ3n) is 1.45. The largest absolute Gasteiger partial charge is 0.466 e. The lowest BCUT2D eigenvalue weighted by atomic mass is 10.2. The van der Waals surface area contributed by atoms with E-state index in [-0.39, 0.29) is 0 Å². The van der Waals surface area contributed by atoms with Gasteiger partial charge in [0.15, 0.2) is 0 Å². The second-order valence-electron chi connectivity index (χ2n) is 3.09. The third-order valence-corrected chi connectivity index (χ3v) is 2.53. The highest BCUT2D eigenvalue weighted by atomic mass is 32.2. The summed E-state index contributed by atoms with van der Waals surface area (Å²) in [5.74, 6) is 0.680. The van der Waals surface area contributed by atoms with Crippen LogP contribution in [-0.2, 0) is 20.3 Å². The molecule has 76 valence electrons. The molecule has 0 saturated carbocycles. The summed E-state index contributed by atoms with van der Waals surface area (Å²) in [4.78, 5) is 10.6. The molecule has 0 heterocycles. The van der Waals surface area contributed by atoms with Crippen molar-refractivity contribution in [2.45, 2.75) is 20.3 Å². The molecule has 0 rings (SSSR count). The molecule has 0 bridgehead atoms. The summed E-state index contributed by atoms with van der Waals surface area (Å²) in [5, 5.41) is 1.38. The van der Waals surface area contributed by atoms with Gasteiger partial charge >= 0.3 is 5.97 Å². The first-order chi connectivity index (χ1) is 6.06. The van der Waals surface area contributed by atoms with Crippen LogP contribution < -0.4 is 0 Å². The van der Waals surface area contributed by atoms with E-state index in [0.29, 0.717) is 11.7 Å². The Kier molecular flexibility index (Phi) is 6.49. The second kappa shape index (κ2) is 6.83. The predicted molar refractivity (Wildman–Crippen MR) is 53.6 cm³/mol. The zero-order valence-electron chi connectivity index (χ0n) is 8.28. The Morgan fingerprint density at radius 1 is 1.54 bits per heavy atom. The van der Waals surface area contributed by atoms with Crippen molar-refractivity contribution < 1.29 is 13.7 Å². The van der Waals surface area contributed by atoms with Gasteiger partial charge < -0.3 is 4.74 Å². The molecule has 0 fully saturated rings. The molecule has 0 spiro atoms. The lowest BCUT2D eigenvalue weighted by Crippen LogP contribution is -2.00. The Labute approximate surface area is 81.6 Å². The monoisotopic (exact) mass is 204 g/mol. The molecule has 1 atom stereocenters. The molecule has 0 aromatic heterocycles. The Morgan fingerprint density at radius 2 is 2.15 bits per heavy atom. The van der Waals surface area contributed by atoms with Gasteiger partial charge in [-0.15, -0.1) is 0 Å². The molecule has 0 aliphatic heterocycles. The van der Waals surface area contributed by atoms with E-state index in [1.54, 1.807) is 0 Å². The average molecular weight is 204 g/mol. The Hall–Kier alpha value is -0.640. The van der Waals surface area contributed by atoms with E-state index in [4.69, 9.17) is 0 Å². The molecule has 0 aromatic carbocycles. The van der Waals surface area contributed by atoms with Gasteiger partial charge in [-0.2, -0.15) is 0 Å². The first kappa shape index (κ1) is 12.4. The standard InChI is InChI=1S/C9H16O3S/c1-8(2)4-6-13(11)7-5-9(10)12-3/h5,7-8H,4,6H2,1-3H3/b7-5+. The fraction of sp³-hybridized carbons (Fsp3) is 0.667. The van der Waals surface area contributed by atoms with E-state index in [9.17, 15) is 9.00 Å². The minimum Gasteiger partial charge on any atom is -0.466 e. The fourth-order valence-corrected chi connectivity index (χ4v) is 1.72. The molecule has 0 aliphatic rings. The van der Waals surface area contributed by atoms with Gasteiger partial charge in [-0.3, -0.25) is 4.21 Å². The van der Waals surface area contributed by atoms with Crippen LogP contribution in [0, 0.1) is 5.92 Å². The van der Waals surface area contributed by atoms with Crippen LogP contribution in [0.15, 0.2) is 11.5 Å². The van der Waals surface area contributed by atoms with Crippen LogP contribution in [0.1, 0.15) is 20.3 Å². The van der Waals surface area contributed by atoms with Crippen molar-refractivity contribution in [3.8, 4) is 0 Å². The SMILES string of the molecule is COC(=O)/C=C/S(=O)CCC(C)C. The predicted octanol–water partition coefficient (Wildman–Crippen LogP) is 1.47. The zero-order valence-corrected chi connectivity index (χ0v) is 9.10. The maximum atomic E-state index is 11.2. The van der Waals surface area contributed by atoms with Crippen LogP contribution in [0.4, 0.5) is 0 Å². The van der Waals surface area contributed by atoms with Crippen molar-refractivity contribution in [3.63, 3.8) is 0 Å². The number of rotatable bonds is 5. The first-order valence-electron chi connectivity index (χ1n) is 4.19. The summed E-state index contributed by atoms with van der Waals surface area (Å²) in [6.45, 7) is 4.14. The van der Waals surface area contributed by atoms with Crippen LogP contribution in [-0.4, -0.2) is 23.0 Å². The molecule has 0 aliphatic carbocycles. The topological polar surface area (TPSA) is 43.4 Å². The molecule has 0 aromatic rings. The van der Waals surface area contributed by atoms with Crippen molar-refractivity contribution in [1.82, 2.24) is 0 Å². The number of carbonyl (C=O) groups is 1. The maximum absolute atomic E-state index is 11.2. The van der Waals surface area contributed by atoms with Gasteiger partial charge in [0.25, 0.3) is 0 Å². The highest BCUT2D eigenvalue weighted by Gasteiger charge is 1.99. The summed E-state index contributed by atoms with van der Waals surface area (Å²) >= 11 is 0. The van der Waals surface area contributed by atoms with E-state index in [1.165, 1.54) is 18.6 Å². The Balaban J connectivity index is 3.74. The van der Waals surface area contributed by atoms with E-state index >= 15 is 0 Å². The quantitative estimate of drug-likeness (QED) is 0.503. The average Bonchev–Trinajstić information content (AvgIpc) is 2.10. The molecular weight excluding hydrogens is 188 g/mol. The summed E-state index contributed by atoms with van der Waals surface area (Å²) in [5.41, 5.74) is 0. The number of hydrogen-bond donors (Lipinski definition) is 0. The normalized spacial score (nSPS) is 13.5. The smallest absolute Gasteiger partial charge is 0.331 e. The number of ether oxygens (including phenoxy) is 1. The van der Waals surface area contributed by atoms with Gasteiger partial charge in [0.2, 0.25) is 0 Å². The first-order valence-corrected chi connectivity index (χ1v) is 5.57. The van der Waals surface area contributed by atoms with Gasteiger partial charge in [-0.1, -0.05) is 13.8 Å². The highest BCUT2D eigenvalue weighted by molar-refractivity contribution is 7.87. The van der Waals surface area contributed by atoms with Crippen molar-refractivity contribution in [3.05, 3.63) is 11.5 Å². The van der Waals surface area contributed by atoms with Crippen molar-refractivity contribution in [1.29, 1.82) is 0 Å². The maximum Gasteiger partial charge on any atom is 0.331 e. The molecule has 13 heavy (non-hydrogen) atoms. The van der Waals surface area contributed by atoms with Gasteiger partial charge in [-0.05, 0) is 12.3 Å². The highest BCUT2D eigenvalue weighted by Crippen LogP contribution is 2.01. The van der Waals surface area contributed by atoms with Crippen molar-refractivity contribution in [2.75, 3.05) is 12.9 Å². The summed E-state index contributed by atoms with van der Waals surface area (Å²) in [6.07, 6.45) is 2.11. The molecular formula is C9H16O3S. The molecule has 0 N–H and O–H groups in total. The summed E-state index contributed by atoms with van der Waals surface area (Å²) in [7, 11) is 0.251. The second-order valence-corrected chi connectivity index (χ2v) is 4.54. The number of hydrogen-bond acceptors (Lipinski definition) is 3. The van der Waals surface area contributed by atoms with Crippen molar-refractivity contribution in [2.24, 2.45) is 5.92 Å². The lowest BCUT2D eigenvalue weighted by molar-refractivity contribution is -0.134. The molecule has 0 radical (unpaired) electrons. The third kappa shape index (κ3) is 7.71. The van der Waals surface area contributed by atoms with Gasteiger partial charge in [0.05, 0.1) is 7.11 Å². The van der Waals surface area contributed by atoms with Gasteiger partial charge in [-0.25, -0.2) is 4.79 Å². The molecule has 0 amide bonds. The molecule has 1 unspecified atom stereocenters. The Morgan fingerprint density at radius 3 is 2.62 bits per heavy atom. The minimum atomic E-state index is -1.04. The van der Waals surface area contributed by atoms with E-state index < -0.39 is 16.8 Å². The van der Waals surface area contributed by atoms with E-state index in [0.717, 1.165) is 6.42 Å². The van der Waals surface area contributed by atoms with Crippen LogP contribution in [0.2, 0.25) is 0 Å². The molecule has 3 nitrogen and oxygen atoms in total. The minimum absolute atomic E-state index is 0.460. The van der Waals surface area contributed by atoms with Crippen LogP contribution in [0.3, 0.4) is 0 Å². The summed E-state index contributed by atoms with van der Waals surface area (Å²) < 4.78 is 15.6. The van der Waals surface area contributed by atoms with Crippen molar-refractivity contribution >= 4 is 16.8 Å². The fourth-order valence-electron chi connectivity index (χ4n) is 0.619.